The summed E-state index contributed by atoms with van der Waals surface area (Å²) in [5, 5.41) is 4.34. The minimum atomic E-state index is -2.18. The molecule has 4 aromatic carbocycles. The quantitative estimate of drug-likeness (QED) is 0.276. The third-order valence-electron chi connectivity index (χ3n) is 6.44. The Hall–Kier alpha value is -3.43. The van der Waals surface area contributed by atoms with E-state index in [0.29, 0.717) is 0 Å². The second-order valence-corrected chi connectivity index (χ2v) is 12.3. The molecule has 1 heterocycles. The molecular formula is C28H27N2Si+. The van der Waals surface area contributed by atoms with Crippen molar-refractivity contribution >= 4 is 41.2 Å². The topological polar surface area (TPSA) is 6.25 Å². The fourth-order valence-electron chi connectivity index (χ4n) is 4.80. The molecule has 0 N–H and O–H groups in total. The molecule has 0 aromatic heterocycles. The first-order valence-corrected chi connectivity index (χ1v) is 13.3. The molecule has 0 saturated heterocycles. The first-order valence-electron chi connectivity index (χ1n) is 10.8. The standard InChI is InChI=1S/C28H27N2Si/c1-29-22-30(24-14-6-3-7-15-24)21-23-13-12-20-27(28(23)29)31(2,25-16-8-4-9-17-25)26-18-10-5-11-19-26/h3-21H,22H2,1-2H3/q+1. The number of hydrogen-bond acceptors (Lipinski definition) is 1. The molecule has 0 saturated carbocycles. The molecule has 2 nitrogen and oxygen atoms in total. The van der Waals surface area contributed by atoms with Crippen LogP contribution in [0.15, 0.2) is 109 Å². The summed E-state index contributed by atoms with van der Waals surface area (Å²) in [6.45, 7) is 3.33. The van der Waals surface area contributed by atoms with E-state index in [1.165, 1.54) is 32.5 Å². The van der Waals surface area contributed by atoms with Crippen LogP contribution >= 0.6 is 0 Å². The fourth-order valence-corrected chi connectivity index (χ4v) is 8.71. The highest BCUT2D eigenvalue weighted by atomic mass is 28.3. The molecule has 5 rings (SSSR count). The second kappa shape index (κ2) is 8.01. The molecule has 0 atom stereocenters. The van der Waals surface area contributed by atoms with Crippen molar-refractivity contribution in [3.05, 3.63) is 115 Å². The van der Waals surface area contributed by atoms with E-state index < -0.39 is 8.07 Å². The van der Waals surface area contributed by atoms with Gasteiger partial charge in [0.05, 0.1) is 11.3 Å². The van der Waals surface area contributed by atoms with Crippen LogP contribution in [0.3, 0.4) is 0 Å². The normalized spacial score (nSPS) is 13.5. The molecule has 0 amide bonds. The Kier molecular flexibility index (Phi) is 5.04. The fraction of sp³-hybridized carbons (Fsp3) is 0.107. The largest absolute Gasteiger partial charge is 0.319 e. The second-order valence-electron chi connectivity index (χ2n) is 8.37. The molecule has 0 fully saturated rings. The van der Waals surface area contributed by atoms with E-state index >= 15 is 0 Å². The van der Waals surface area contributed by atoms with E-state index in [1.54, 1.807) is 0 Å². The van der Waals surface area contributed by atoms with Crippen LogP contribution in [0.4, 0.5) is 11.4 Å². The molecule has 1 aliphatic heterocycles. The Morgan fingerprint density at radius 1 is 0.677 bits per heavy atom. The van der Waals surface area contributed by atoms with Crippen molar-refractivity contribution in [1.29, 1.82) is 0 Å². The van der Waals surface area contributed by atoms with E-state index in [2.05, 4.69) is 138 Å². The maximum atomic E-state index is 2.49. The van der Waals surface area contributed by atoms with Crippen LogP contribution < -0.4 is 20.5 Å². The van der Waals surface area contributed by atoms with Gasteiger partial charge in [-0.3, -0.25) is 0 Å². The lowest BCUT2D eigenvalue weighted by atomic mass is 10.1. The molecule has 0 aliphatic carbocycles. The van der Waals surface area contributed by atoms with Crippen LogP contribution in [0.2, 0.25) is 6.55 Å². The van der Waals surface area contributed by atoms with Crippen LogP contribution in [0.1, 0.15) is 5.56 Å². The maximum Gasteiger partial charge on any atom is 0.224 e. The van der Waals surface area contributed by atoms with E-state index in [4.69, 9.17) is 0 Å². The molecule has 31 heavy (non-hydrogen) atoms. The van der Waals surface area contributed by atoms with Crippen LogP contribution in [0, 0.1) is 0 Å². The van der Waals surface area contributed by atoms with Gasteiger partial charge in [-0.25, -0.2) is 0 Å². The number of benzene rings is 4. The van der Waals surface area contributed by atoms with E-state index in [9.17, 15) is 0 Å². The molecule has 0 unspecified atom stereocenters. The van der Waals surface area contributed by atoms with Crippen LogP contribution in [-0.2, 0) is 0 Å². The predicted octanol–water partition coefficient (Wildman–Crippen LogP) is 3.96. The lowest BCUT2D eigenvalue weighted by Crippen LogP contribution is -2.66. The molecule has 4 aromatic rings. The number of anilines is 1. The van der Waals surface area contributed by atoms with Crippen LogP contribution in [0.5, 0.6) is 0 Å². The Bertz CT molecular complexity index is 1180. The van der Waals surface area contributed by atoms with Gasteiger partial charge in [0, 0.05) is 19.2 Å². The van der Waals surface area contributed by atoms with Gasteiger partial charge in [-0.2, -0.15) is 4.58 Å². The summed E-state index contributed by atoms with van der Waals surface area (Å²) in [5.74, 6) is 0. The van der Waals surface area contributed by atoms with Crippen molar-refractivity contribution in [2.24, 2.45) is 0 Å². The van der Waals surface area contributed by atoms with Crippen molar-refractivity contribution in [1.82, 2.24) is 0 Å². The summed E-state index contributed by atoms with van der Waals surface area (Å²) >= 11 is 0. The van der Waals surface area contributed by atoms with Crippen molar-refractivity contribution < 1.29 is 4.58 Å². The summed E-state index contributed by atoms with van der Waals surface area (Å²) in [5.41, 5.74) is 3.86. The zero-order valence-electron chi connectivity index (χ0n) is 18.1. The molecule has 0 bridgehead atoms. The van der Waals surface area contributed by atoms with Gasteiger partial charge in [0.1, 0.15) is 8.07 Å². The van der Waals surface area contributed by atoms with Gasteiger partial charge in [-0.05, 0) is 21.6 Å². The highest BCUT2D eigenvalue weighted by Gasteiger charge is 2.38. The Balaban J connectivity index is 1.73. The highest BCUT2D eigenvalue weighted by Crippen LogP contribution is 2.25. The van der Waals surface area contributed by atoms with E-state index in [1.807, 2.05) is 0 Å². The lowest BCUT2D eigenvalue weighted by molar-refractivity contribution is -0.435. The van der Waals surface area contributed by atoms with Crippen molar-refractivity contribution in [2.75, 3.05) is 18.6 Å². The van der Waals surface area contributed by atoms with E-state index in [-0.39, 0.29) is 0 Å². The lowest BCUT2D eigenvalue weighted by Gasteiger charge is -2.35. The average molecular weight is 420 g/mol. The zero-order valence-corrected chi connectivity index (χ0v) is 19.1. The number of rotatable bonds is 4. The highest BCUT2D eigenvalue weighted by molar-refractivity contribution is 7.11. The van der Waals surface area contributed by atoms with Crippen LogP contribution in [0.25, 0.3) is 0 Å². The minimum Gasteiger partial charge on any atom is -0.319 e. The molecule has 0 radical (unpaired) electrons. The monoisotopic (exact) mass is 419 g/mol. The SMILES string of the molecule is CN1C[N+](c2ccccc2)=Cc2cccc([Si](C)(c3ccccc3)c3ccccc3)c21. The molecular weight excluding hydrogens is 392 g/mol. The molecule has 0 spiro atoms. The molecule has 152 valence electrons. The summed E-state index contributed by atoms with van der Waals surface area (Å²) in [7, 11) is 0.0380. The van der Waals surface area contributed by atoms with E-state index in [0.717, 1.165) is 6.67 Å². The minimum absolute atomic E-state index is 0.835. The Morgan fingerprint density at radius 2 is 1.23 bits per heavy atom. The Morgan fingerprint density at radius 3 is 1.81 bits per heavy atom. The Labute approximate surface area is 185 Å². The molecule has 3 heteroatoms. The molecule has 1 aliphatic rings. The predicted molar refractivity (Wildman–Crippen MR) is 135 cm³/mol. The average Bonchev–Trinajstić information content (AvgIpc) is 2.84. The smallest absolute Gasteiger partial charge is 0.224 e. The van der Waals surface area contributed by atoms with Gasteiger partial charge in [-0.15, -0.1) is 0 Å². The first-order chi connectivity index (χ1) is 15.2. The first kappa shape index (κ1) is 19.5. The summed E-state index contributed by atoms with van der Waals surface area (Å²) in [4.78, 5) is 2.41. The van der Waals surface area contributed by atoms with Gasteiger partial charge in [0.15, 0.2) is 6.21 Å². The maximum absolute atomic E-state index is 2.49. The van der Waals surface area contributed by atoms with Gasteiger partial charge < -0.3 is 4.90 Å². The van der Waals surface area contributed by atoms with Crippen LogP contribution in [-0.4, -0.2) is 32.6 Å². The number of nitrogens with zero attached hydrogens (tertiary/aromatic N) is 2. The van der Waals surface area contributed by atoms with Crippen molar-refractivity contribution in [3.63, 3.8) is 0 Å². The summed E-state index contributed by atoms with van der Waals surface area (Å²) in [6.07, 6.45) is 2.30. The third kappa shape index (κ3) is 3.41. The van der Waals surface area contributed by atoms with Gasteiger partial charge in [0.2, 0.25) is 12.4 Å². The zero-order chi connectivity index (χ0) is 21.3. The summed E-state index contributed by atoms with van der Waals surface area (Å²) < 4.78 is 2.33. The number of para-hydroxylation sites is 2. The van der Waals surface area contributed by atoms with Gasteiger partial charge in [0.25, 0.3) is 0 Å². The van der Waals surface area contributed by atoms with Crippen molar-refractivity contribution in [3.8, 4) is 0 Å². The number of hydrogen-bond donors (Lipinski definition) is 0. The summed E-state index contributed by atoms with van der Waals surface area (Å²) in [6, 6.07) is 39.6. The third-order valence-corrected chi connectivity index (χ3v) is 10.9. The van der Waals surface area contributed by atoms with Gasteiger partial charge in [-0.1, -0.05) is 97.5 Å². The van der Waals surface area contributed by atoms with Gasteiger partial charge >= 0.3 is 0 Å². The van der Waals surface area contributed by atoms with Crippen molar-refractivity contribution in [2.45, 2.75) is 6.55 Å². The number of fused-ring (bicyclic) bond motifs is 1.